The number of hydrogen-bond acceptors (Lipinski definition) is 1. The molecule has 0 atom stereocenters. The number of ketones is 1. The van der Waals surface area contributed by atoms with Gasteiger partial charge in [0.1, 0.15) is 0 Å². The fraction of sp³-hybridized carbons (Fsp3) is 0.417. The van der Waals surface area contributed by atoms with Crippen molar-refractivity contribution in [3.63, 3.8) is 0 Å². The first-order chi connectivity index (χ1) is 7.11. The zero-order valence-corrected chi connectivity index (χ0v) is 9.64. The van der Waals surface area contributed by atoms with Crippen LogP contribution in [0.2, 0.25) is 5.02 Å². The zero-order chi connectivity index (χ0) is 11.4. The highest BCUT2D eigenvalue weighted by molar-refractivity contribution is 6.31. The molecule has 0 saturated heterocycles. The molecular weight excluding hydrogens is 215 g/mol. The van der Waals surface area contributed by atoms with Crippen molar-refractivity contribution in [1.82, 2.24) is 0 Å². The summed E-state index contributed by atoms with van der Waals surface area (Å²) in [5, 5.41) is 0.00630. The first-order valence-corrected chi connectivity index (χ1v) is 5.47. The smallest absolute Gasteiger partial charge is 0.168 e. The molecule has 0 heterocycles. The van der Waals surface area contributed by atoms with Gasteiger partial charge in [-0.05, 0) is 25.0 Å². The molecule has 0 aliphatic rings. The summed E-state index contributed by atoms with van der Waals surface area (Å²) in [4.78, 5) is 11.9. The minimum absolute atomic E-state index is 0.00630. The highest BCUT2D eigenvalue weighted by atomic mass is 35.5. The van der Waals surface area contributed by atoms with E-state index in [4.69, 9.17) is 11.6 Å². The van der Waals surface area contributed by atoms with E-state index in [1.807, 2.05) is 13.8 Å². The molecule has 15 heavy (non-hydrogen) atoms. The van der Waals surface area contributed by atoms with Gasteiger partial charge in [0.05, 0.1) is 10.6 Å². The van der Waals surface area contributed by atoms with Gasteiger partial charge in [0, 0.05) is 5.92 Å². The van der Waals surface area contributed by atoms with Gasteiger partial charge in [-0.15, -0.1) is 0 Å². The minimum atomic E-state index is -0.601. The topological polar surface area (TPSA) is 17.1 Å². The number of hydrogen-bond donors (Lipinski definition) is 0. The summed E-state index contributed by atoms with van der Waals surface area (Å²) >= 11 is 5.62. The lowest BCUT2D eigenvalue weighted by Gasteiger charge is -2.11. The van der Waals surface area contributed by atoms with E-state index >= 15 is 0 Å². The van der Waals surface area contributed by atoms with Crippen LogP contribution in [0.3, 0.4) is 0 Å². The largest absolute Gasteiger partial charge is 0.294 e. The molecule has 0 aromatic heterocycles. The second-order valence-corrected chi connectivity index (χ2v) is 3.89. The van der Waals surface area contributed by atoms with Crippen LogP contribution in [0.5, 0.6) is 0 Å². The van der Waals surface area contributed by atoms with Gasteiger partial charge in [0.15, 0.2) is 11.6 Å². The zero-order valence-electron chi connectivity index (χ0n) is 8.89. The molecular formula is C12H14ClFO. The van der Waals surface area contributed by atoms with Gasteiger partial charge in [-0.2, -0.15) is 0 Å². The molecule has 0 aliphatic carbocycles. The van der Waals surface area contributed by atoms with Gasteiger partial charge >= 0.3 is 0 Å². The van der Waals surface area contributed by atoms with Crippen molar-refractivity contribution in [2.24, 2.45) is 5.92 Å². The molecule has 0 radical (unpaired) electrons. The normalized spacial score (nSPS) is 10.7. The average molecular weight is 229 g/mol. The molecule has 82 valence electrons. The van der Waals surface area contributed by atoms with Crippen LogP contribution in [-0.2, 0) is 0 Å². The van der Waals surface area contributed by atoms with Gasteiger partial charge in [0.2, 0.25) is 0 Å². The molecule has 1 aromatic carbocycles. The van der Waals surface area contributed by atoms with Crippen molar-refractivity contribution in [1.29, 1.82) is 0 Å². The first-order valence-electron chi connectivity index (χ1n) is 5.10. The molecule has 0 N–H and O–H groups in total. The molecule has 0 saturated carbocycles. The molecule has 0 spiro atoms. The number of halogens is 2. The Balaban J connectivity index is 3.05. The van der Waals surface area contributed by atoms with Gasteiger partial charge in [0.25, 0.3) is 0 Å². The van der Waals surface area contributed by atoms with Gasteiger partial charge in [-0.3, -0.25) is 4.79 Å². The van der Waals surface area contributed by atoms with Crippen LogP contribution in [0.25, 0.3) is 0 Å². The Hall–Kier alpha value is -0.890. The lowest BCUT2D eigenvalue weighted by atomic mass is 9.93. The van der Waals surface area contributed by atoms with Crippen molar-refractivity contribution in [2.75, 3.05) is 0 Å². The Kier molecular flexibility index (Phi) is 4.28. The van der Waals surface area contributed by atoms with Crippen molar-refractivity contribution < 1.29 is 9.18 Å². The highest BCUT2D eigenvalue weighted by Crippen LogP contribution is 2.22. The summed E-state index contributed by atoms with van der Waals surface area (Å²) in [7, 11) is 0. The molecule has 0 aliphatic heterocycles. The standard InChI is InChI=1S/C12H14ClFO/c1-3-8(4-2)12(15)9-6-5-7-10(13)11(9)14/h5-8H,3-4H2,1-2H3. The van der Waals surface area contributed by atoms with E-state index in [1.54, 1.807) is 6.07 Å². The predicted molar refractivity (Wildman–Crippen MR) is 59.8 cm³/mol. The van der Waals surface area contributed by atoms with Crippen molar-refractivity contribution in [3.05, 3.63) is 34.6 Å². The SMILES string of the molecule is CCC(CC)C(=O)c1cccc(Cl)c1F. The summed E-state index contributed by atoms with van der Waals surface area (Å²) in [5.41, 5.74) is 0.108. The maximum Gasteiger partial charge on any atom is 0.168 e. The van der Waals surface area contributed by atoms with Crippen LogP contribution in [0, 0.1) is 11.7 Å². The molecule has 1 rings (SSSR count). The summed E-state index contributed by atoms with van der Waals surface area (Å²) in [5.74, 6) is -0.867. The molecule has 0 amide bonds. The van der Waals surface area contributed by atoms with E-state index in [-0.39, 0.29) is 22.3 Å². The third-order valence-corrected chi connectivity index (χ3v) is 2.87. The monoisotopic (exact) mass is 228 g/mol. The van der Waals surface area contributed by atoms with Crippen LogP contribution >= 0.6 is 11.6 Å². The Morgan fingerprint density at radius 1 is 1.40 bits per heavy atom. The maximum atomic E-state index is 13.5. The molecule has 0 unspecified atom stereocenters. The van der Waals surface area contributed by atoms with E-state index in [2.05, 4.69) is 0 Å². The lowest BCUT2D eigenvalue weighted by molar-refractivity contribution is 0.0909. The van der Waals surface area contributed by atoms with Crippen LogP contribution < -0.4 is 0 Å². The van der Waals surface area contributed by atoms with Crippen LogP contribution in [0.1, 0.15) is 37.0 Å². The molecule has 3 heteroatoms. The van der Waals surface area contributed by atoms with E-state index < -0.39 is 5.82 Å². The van der Waals surface area contributed by atoms with Gasteiger partial charge in [-0.1, -0.05) is 31.5 Å². The van der Waals surface area contributed by atoms with E-state index in [1.165, 1.54) is 12.1 Å². The average Bonchev–Trinajstić information content (AvgIpc) is 2.23. The number of rotatable bonds is 4. The fourth-order valence-corrected chi connectivity index (χ4v) is 1.75. The second kappa shape index (κ2) is 5.26. The van der Waals surface area contributed by atoms with Gasteiger partial charge in [-0.25, -0.2) is 4.39 Å². The Morgan fingerprint density at radius 2 is 2.00 bits per heavy atom. The van der Waals surface area contributed by atoms with Crippen molar-refractivity contribution >= 4 is 17.4 Å². The summed E-state index contributed by atoms with van der Waals surface area (Å²) in [6, 6.07) is 4.53. The lowest BCUT2D eigenvalue weighted by Crippen LogP contribution is -2.14. The Labute approximate surface area is 94.3 Å². The highest BCUT2D eigenvalue weighted by Gasteiger charge is 2.20. The molecule has 1 nitrogen and oxygen atoms in total. The molecule has 1 aromatic rings. The number of carbonyl (C=O) groups excluding carboxylic acids is 1. The van der Waals surface area contributed by atoms with Crippen molar-refractivity contribution in [2.45, 2.75) is 26.7 Å². The van der Waals surface area contributed by atoms with Crippen LogP contribution in [0.15, 0.2) is 18.2 Å². The van der Waals surface area contributed by atoms with Crippen LogP contribution in [-0.4, -0.2) is 5.78 Å². The summed E-state index contributed by atoms with van der Waals surface area (Å²) < 4.78 is 13.5. The number of carbonyl (C=O) groups is 1. The summed E-state index contributed by atoms with van der Waals surface area (Å²) in [6.07, 6.45) is 1.45. The minimum Gasteiger partial charge on any atom is -0.294 e. The van der Waals surface area contributed by atoms with E-state index in [0.29, 0.717) is 0 Å². The summed E-state index contributed by atoms with van der Waals surface area (Å²) in [6.45, 7) is 3.85. The Morgan fingerprint density at radius 3 is 2.53 bits per heavy atom. The third kappa shape index (κ3) is 2.57. The van der Waals surface area contributed by atoms with Crippen LogP contribution in [0.4, 0.5) is 4.39 Å². The third-order valence-electron chi connectivity index (χ3n) is 2.57. The molecule has 0 bridgehead atoms. The number of Topliss-reactive ketones (excluding diaryl/α,β-unsaturated/α-hetero) is 1. The predicted octanol–water partition coefficient (Wildman–Crippen LogP) is 4.10. The maximum absolute atomic E-state index is 13.5. The van der Waals surface area contributed by atoms with E-state index in [0.717, 1.165) is 12.8 Å². The van der Waals surface area contributed by atoms with Crippen molar-refractivity contribution in [3.8, 4) is 0 Å². The quantitative estimate of drug-likeness (QED) is 0.710. The Bertz CT molecular complexity index is 359. The first kappa shape index (κ1) is 12.2. The molecule has 0 fully saturated rings. The van der Waals surface area contributed by atoms with E-state index in [9.17, 15) is 9.18 Å². The number of benzene rings is 1. The van der Waals surface area contributed by atoms with Gasteiger partial charge < -0.3 is 0 Å². The second-order valence-electron chi connectivity index (χ2n) is 3.48. The fourth-order valence-electron chi connectivity index (χ4n) is 1.57.